The van der Waals surface area contributed by atoms with E-state index in [1.54, 1.807) is 30.1 Å². The Morgan fingerprint density at radius 3 is 2.50 bits per heavy atom. The standard InChI is InChI=1S/C22H24N2O3S/c1-22(2,3)15-27-18-11-10-16(14-19(18)26-4)24-13-12-23-20(21(24)25)28-17-8-6-5-7-9-17/h5-14H,15H2,1-4H3. The fraction of sp³-hybridized carbons (Fsp3) is 0.273. The first-order valence-electron chi connectivity index (χ1n) is 8.99. The lowest BCUT2D eigenvalue weighted by Gasteiger charge is -2.20. The summed E-state index contributed by atoms with van der Waals surface area (Å²) in [5.41, 5.74) is 0.555. The molecule has 0 fully saturated rings. The van der Waals surface area contributed by atoms with Gasteiger partial charge in [0.2, 0.25) is 0 Å². The molecule has 6 heteroatoms. The van der Waals surface area contributed by atoms with E-state index in [-0.39, 0.29) is 11.0 Å². The number of benzene rings is 2. The summed E-state index contributed by atoms with van der Waals surface area (Å²) >= 11 is 1.35. The third kappa shape index (κ3) is 4.95. The molecule has 3 rings (SSSR count). The number of nitrogens with zero attached hydrogens (tertiary/aromatic N) is 2. The molecular formula is C22H24N2O3S. The molecule has 1 aromatic heterocycles. The maximum Gasteiger partial charge on any atom is 0.287 e. The molecule has 0 radical (unpaired) electrons. The molecule has 0 N–H and O–H groups in total. The van der Waals surface area contributed by atoms with Gasteiger partial charge in [0.05, 0.1) is 19.4 Å². The van der Waals surface area contributed by atoms with Gasteiger partial charge >= 0.3 is 0 Å². The Morgan fingerprint density at radius 1 is 1.07 bits per heavy atom. The summed E-state index contributed by atoms with van der Waals surface area (Å²) in [6.45, 7) is 6.89. The lowest BCUT2D eigenvalue weighted by molar-refractivity contribution is 0.191. The van der Waals surface area contributed by atoms with Gasteiger partial charge in [0, 0.05) is 23.4 Å². The van der Waals surface area contributed by atoms with Crippen LogP contribution in [0, 0.1) is 5.41 Å². The van der Waals surface area contributed by atoms with Gasteiger partial charge in [0.25, 0.3) is 5.56 Å². The molecule has 0 bridgehead atoms. The van der Waals surface area contributed by atoms with Crippen molar-refractivity contribution in [2.24, 2.45) is 5.41 Å². The average molecular weight is 397 g/mol. The SMILES string of the molecule is COc1cc(-n2ccnc(Sc3ccccc3)c2=O)ccc1OCC(C)(C)C. The molecule has 0 aliphatic heterocycles. The van der Waals surface area contributed by atoms with E-state index >= 15 is 0 Å². The summed E-state index contributed by atoms with van der Waals surface area (Å²) in [7, 11) is 1.59. The largest absolute Gasteiger partial charge is 0.493 e. The third-order valence-electron chi connectivity index (χ3n) is 3.85. The smallest absolute Gasteiger partial charge is 0.287 e. The highest BCUT2D eigenvalue weighted by Gasteiger charge is 2.15. The van der Waals surface area contributed by atoms with E-state index in [2.05, 4.69) is 25.8 Å². The quantitative estimate of drug-likeness (QED) is 0.598. The summed E-state index contributed by atoms with van der Waals surface area (Å²) in [6.07, 6.45) is 3.28. The summed E-state index contributed by atoms with van der Waals surface area (Å²) in [6, 6.07) is 15.2. The monoisotopic (exact) mass is 396 g/mol. The number of ether oxygens (including phenoxy) is 2. The van der Waals surface area contributed by atoms with Crippen molar-refractivity contribution < 1.29 is 9.47 Å². The number of hydrogen-bond acceptors (Lipinski definition) is 5. The summed E-state index contributed by atoms with van der Waals surface area (Å²) in [5, 5.41) is 0.417. The summed E-state index contributed by atoms with van der Waals surface area (Å²) in [4.78, 5) is 18.1. The van der Waals surface area contributed by atoms with Gasteiger partial charge < -0.3 is 9.47 Å². The summed E-state index contributed by atoms with van der Waals surface area (Å²) in [5.74, 6) is 1.24. The molecule has 0 unspecified atom stereocenters. The second-order valence-corrected chi connectivity index (χ2v) is 8.57. The minimum Gasteiger partial charge on any atom is -0.493 e. The van der Waals surface area contributed by atoms with Crippen molar-refractivity contribution in [3.05, 3.63) is 71.3 Å². The first-order valence-corrected chi connectivity index (χ1v) is 9.81. The second-order valence-electron chi connectivity index (χ2n) is 7.51. The van der Waals surface area contributed by atoms with Crippen molar-refractivity contribution >= 4 is 11.8 Å². The highest BCUT2D eigenvalue weighted by molar-refractivity contribution is 7.99. The zero-order valence-electron chi connectivity index (χ0n) is 16.5. The lowest BCUT2D eigenvalue weighted by atomic mass is 9.99. The van der Waals surface area contributed by atoms with Gasteiger partial charge in [-0.05, 0) is 29.7 Å². The Morgan fingerprint density at radius 2 is 1.82 bits per heavy atom. The number of aromatic nitrogens is 2. The van der Waals surface area contributed by atoms with Gasteiger partial charge in [0.1, 0.15) is 0 Å². The Kier molecular flexibility index (Phi) is 6.09. The minimum absolute atomic E-state index is 0.0370. The van der Waals surface area contributed by atoms with Gasteiger partial charge in [-0.1, -0.05) is 50.7 Å². The molecule has 0 aliphatic carbocycles. The van der Waals surface area contributed by atoms with Crippen LogP contribution in [0.25, 0.3) is 5.69 Å². The molecule has 146 valence electrons. The Labute approximate surface area is 169 Å². The van der Waals surface area contributed by atoms with E-state index in [4.69, 9.17) is 9.47 Å². The predicted molar refractivity (Wildman–Crippen MR) is 112 cm³/mol. The molecule has 5 nitrogen and oxygen atoms in total. The van der Waals surface area contributed by atoms with Crippen LogP contribution < -0.4 is 15.0 Å². The average Bonchev–Trinajstić information content (AvgIpc) is 2.68. The van der Waals surface area contributed by atoms with E-state index in [1.807, 2.05) is 42.5 Å². The lowest BCUT2D eigenvalue weighted by Crippen LogP contribution is -2.20. The zero-order valence-corrected chi connectivity index (χ0v) is 17.3. The van der Waals surface area contributed by atoms with Crippen LogP contribution in [-0.4, -0.2) is 23.3 Å². The molecular weight excluding hydrogens is 372 g/mol. The minimum atomic E-state index is -0.179. The highest BCUT2D eigenvalue weighted by Crippen LogP contribution is 2.31. The molecule has 0 amide bonds. The molecule has 3 aromatic rings. The maximum atomic E-state index is 12.9. The van der Waals surface area contributed by atoms with Crippen LogP contribution in [-0.2, 0) is 0 Å². The van der Waals surface area contributed by atoms with E-state index < -0.39 is 0 Å². The predicted octanol–water partition coefficient (Wildman–Crippen LogP) is 4.82. The first kappa shape index (κ1) is 20.0. The van der Waals surface area contributed by atoms with Crippen LogP contribution in [0.5, 0.6) is 11.5 Å². The van der Waals surface area contributed by atoms with Crippen molar-refractivity contribution in [1.82, 2.24) is 9.55 Å². The highest BCUT2D eigenvalue weighted by atomic mass is 32.2. The molecule has 0 aliphatic rings. The molecule has 28 heavy (non-hydrogen) atoms. The molecule has 1 heterocycles. The van der Waals surface area contributed by atoms with Gasteiger partial charge in [-0.2, -0.15) is 0 Å². The molecule has 2 aromatic carbocycles. The molecule has 0 saturated heterocycles. The Bertz CT molecular complexity index is 995. The molecule has 0 spiro atoms. The van der Waals surface area contributed by atoms with Gasteiger partial charge in [-0.3, -0.25) is 9.36 Å². The topological polar surface area (TPSA) is 53.4 Å². The first-order chi connectivity index (χ1) is 13.4. The van der Waals surface area contributed by atoms with Crippen molar-refractivity contribution in [3.8, 4) is 17.2 Å². The van der Waals surface area contributed by atoms with Crippen LogP contribution in [0.2, 0.25) is 0 Å². The fourth-order valence-corrected chi connectivity index (χ4v) is 3.30. The zero-order chi connectivity index (χ0) is 20.1. The third-order valence-corrected chi connectivity index (χ3v) is 4.83. The Balaban J connectivity index is 1.91. The number of rotatable bonds is 6. The van der Waals surface area contributed by atoms with Gasteiger partial charge in [0.15, 0.2) is 16.5 Å². The Hall–Kier alpha value is -2.73. The van der Waals surface area contributed by atoms with E-state index in [0.717, 1.165) is 4.90 Å². The van der Waals surface area contributed by atoms with Gasteiger partial charge in [-0.25, -0.2) is 4.98 Å². The number of methoxy groups -OCH3 is 1. The van der Waals surface area contributed by atoms with Gasteiger partial charge in [-0.15, -0.1) is 0 Å². The maximum absolute atomic E-state index is 12.9. The van der Waals surface area contributed by atoms with Crippen molar-refractivity contribution in [3.63, 3.8) is 0 Å². The number of hydrogen-bond donors (Lipinski definition) is 0. The van der Waals surface area contributed by atoms with Crippen molar-refractivity contribution in [1.29, 1.82) is 0 Å². The normalized spacial score (nSPS) is 11.3. The molecule has 0 saturated carbocycles. The van der Waals surface area contributed by atoms with Crippen LogP contribution in [0.3, 0.4) is 0 Å². The fourth-order valence-electron chi connectivity index (χ4n) is 2.49. The van der Waals surface area contributed by atoms with Crippen LogP contribution in [0.15, 0.2) is 75.6 Å². The van der Waals surface area contributed by atoms with E-state index in [9.17, 15) is 4.79 Å². The van der Waals surface area contributed by atoms with E-state index in [1.165, 1.54) is 11.8 Å². The van der Waals surface area contributed by atoms with Crippen LogP contribution in [0.4, 0.5) is 0 Å². The molecule has 0 atom stereocenters. The van der Waals surface area contributed by atoms with Crippen molar-refractivity contribution in [2.45, 2.75) is 30.7 Å². The van der Waals surface area contributed by atoms with Crippen LogP contribution >= 0.6 is 11.8 Å². The van der Waals surface area contributed by atoms with Crippen LogP contribution in [0.1, 0.15) is 20.8 Å². The second kappa shape index (κ2) is 8.52. The van der Waals surface area contributed by atoms with Crippen molar-refractivity contribution in [2.75, 3.05) is 13.7 Å². The summed E-state index contributed by atoms with van der Waals surface area (Å²) < 4.78 is 12.9. The van der Waals surface area contributed by atoms with E-state index in [0.29, 0.717) is 28.8 Å².